The molecule has 0 aliphatic carbocycles. The zero-order chi connectivity index (χ0) is 20.5. The maximum Gasteiger partial charge on any atom is 0.322 e. The number of anilines is 2. The molecule has 2 aromatic carbocycles. The Bertz CT molecular complexity index is 1130. The van der Waals surface area contributed by atoms with Gasteiger partial charge in [-0.25, -0.2) is 4.79 Å². The minimum absolute atomic E-state index is 0.0688. The second-order valence-corrected chi connectivity index (χ2v) is 7.70. The van der Waals surface area contributed by atoms with Gasteiger partial charge in [0, 0.05) is 55.9 Å². The molecule has 1 fully saturated rings. The first-order valence-electron chi connectivity index (χ1n) is 9.90. The van der Waals surface area contributed by atoms with Gasteiger partial charge in [0.2, 0.25) is 0 Å². The summed E-state index contributed by atoms with van der Waals surface area (Å²) in [5, 5.41) is 4.37. The zero-order valence-electron chi connectivity index (χ0n) is 17.1. The van der Waals surface area contributed by atoms with Crippen LogP contribution in [0.5, 0.6) is 0 Å². The molecule has 6 heteroatoms. The predicted octanol–water partition coefficient (Wildman–Crippen LogP) is 3.51. The number of nitrogens with one attached hydrogen (secondary N) is 1. The smallest absolute Gasteiger partial charge is 0.322 e. The first kappa shape index (κ1) is 19.1. The monoisotopic (exact) mass is 390 g/mol. The third kappa shape index (κ3) is 3.70. The molecule has 4 rings (SSSR count). The van der Waals surface area contributed by atoms with Crippen LogP contribution in [0.2, 0.25) is 0 Å². The van der Waals surface area contributed by atoms with Gasteiger partial charge in [0.1, 0.15) is 0 Å². The van der Waals surface area contributed by atoms with Gasteiger partial charge >= 0.3 is 6.03 Å². The molecule has 0 radical (unpaired) electrons. The van der Waals surface area contributed by atoms with Gasteiger partial charge in [-0.1, -0.05) is 30.3 Å². The molecule has 0 saturated carbocycles. The van der Waals surface area contributed by atoms with Crippen LogP contribution in [0.1, 0.15) is 11.1 Å². The number of carbonyl (C=O) groups excluding carboxylic acids is 1. The van der Waals surface area contributed by atoms with Gasteiger partial charge in [-0.05, 0) is 37.1 Å². The maximum absolute atomic E-state index is 12.9. The average Bonchev–Trinajstić information content (AvgIpc) is 2.73. The third-order valence-corrected chi connectivity index (χ3v) is 5.60. The van der Waals surface area contributed by atoms with E-state index in [0.29, 0.717) is 24.2 Å². The van der Waals surface area contributed by atoms with E-state index in [4.69, 9.17) is 0 Å². The van der Waals surface area contributed by atoms with Crippen molar-refractivity contribution >= 4 is 28.2 Å². The Kier molecular flexibility index (Phi) is 5.01. The van der Waals surface area contributed by atoms with E-state index in [-0.39, 0.29) is 11.6 Å². The molecule has 2 heterocycles. The second kappa shape index (κ2) is 7.62. The van der Waals surface area contributed by atoms with Gasteiger partial charge in [0.05, 0.1) is 5.69 Å². The Balaban J connectivity index is 1.49. The summed E-state index contributed by atoms with van der Waals surface area (Å²) in [5.74, 6) is 0. The van der Waals surface area contributed by atoms with E-state index in [1.165, 1.54) is 21.4 Å². The molecule has 0 spiro atoms. The molecule has 3 aromatic rings. The van der Waals surface area contributed by atoms with E-state index >= 15 is 0 Å². The van der Waals surface area contributed by atoms with Gasteiger partial charge in [-0.2, -0.15) is 0 Å². The third-order valence-electron chi connectivity index (χ3n) is 5.60. The molecule has 2 amide bonds. The molecule has 0 unspecified atom stereocenters. The average molecular weight is 390 g/mol. The molecule has 0 atom stereocenters. The van der Waals surface area contributed by atoms with Crippen molar-refractivity contribution in [2.24, 2.45) is 7.05 Å². The number of hydrogen-bond donors (Lipinski definition) is 1. The highest BCUT2D eigenvalue weighted by Crippen LogP contribution is 2.24. The number of pyridine rings is 1. The molecule has 1 aromatic heterocycles. The van der Waals surface area contributed by atoms with Crippen LogP contribution in [0.3, 0.4) is 0 Å². The van der Waals surface area contributed by atoms with E-state index in [0.717, 1.165) is 18.5 Å². The maximum atomic E-state index is 12.9. The zero-order valence-corrected chi connectivity index (χ0v) is 17.1. The lowest BCUT2D eigenvalue weighted by Crippen LogP contribution is -2.50. The predicted molar refractivity (Wildman–Crippen MR) is 118 cm³/mol. The minimum atomic E-state index is -0.130. The Morgan fingerprint density at radius 3 is 2.38 bits per heavy atom. The Hall–Kier alpha value is -3.28. The summed E-state index contributed by atoms with van der Waals surface area (Å²) >= 11 is 0. The number of urea groups is 1. The van der Waals surface area contributed by atoms with Crippen LogP contribution in [0.15, 0.2) is 53.5 Å². The first-order chi connectivity index (χ1) is 13.9. The topological polar surface area (TPSA) is 57.6 Å². The highest BCUT2D eigenvalue weighted by molar-refractivity contribution is 6.01. The first-order valence-corrected chi connectivity index (χ1v) is 9.90. The largest absolute Gasteiger partial charge is 0.368 e. The number of amides is 2. The van der Waals surface area contributed by atoms with Gasteiger partial charge < -0.3 is 19.7 Å². The lowest BCUT2D eigenvalue weighted by Gasteiger charge is -2.37. The molecule has 29 heavy (non-hydrogen) atoms. The molecule has 0 bridgehead atoms. The van der Waals surface area contributed by atoms with E-state index in [1.807, 2.05) is 23.1 Å². The quantitative estimate of drug-likeness (QED) is 0.729. The van der Waals surface area contributed by atoms with Crippen LogP contribution in [-0.2, 0) is 7.05 Å². The number of piperazine rings is 1. The van der Waals surface area contributed by atoms with Crippen molar-refractivity contribution in [3.05, 3.63) is 70.1 Å². The van der Waals surface area contributed by atoms with Crippen molar-refractivity contribution in [2.75, 3.05) is 36.4 Å². The Morgan fingerprint density at radius 2 is 1.66 bits per heavy atom. The SMILES string of the molecule is Cc1ccc(C)c(N2CCN(C(=O)Nc3cn(C)c(=O)c4ccccc34)CC2)c1. The lowest BCUT2D eigenvalue weighted by atomic mass is 10.1. The van der Waals surface area contributed by atoms with Gasteiger partial charge in [0.15, 0.2) is 0 Å². The molecule has 1 aliphatic heterocycles. The molecule has 1 N–H and O–H groups in total. The van der Waals surface area contributed by atoms with Crippen molar-refractivity contribution in [1.29, 1.82) is 0 Å². The Labute approximate surface area is 170 Å². The number of rotatable bonds is 2. The molecule has 6 nitrogen and oxygen atoms in total. The van der Waals surface area contributed by atoms with Crippen LogP contribution < -0.4 is 15.8 Å². The van der Waals surface area contributed by atoms with E-state index < -0.39 is 0 Å². The summed E-state index contributed by atoms with van der Waals surface area (Å²) in [4.78, 5) is 29.4. The van der Waals surface area contributed by atoms with Crippen molar-refractivity contribution in [2.45, 2.75) is 13.8 Å². The van der Waals surface area contributed by atoms with Crippen molar-refractivity contribution < 1.29 is 4.79 Å². The van der Waals surface area contributed by atoms with Crippen LogP contribution in [0, 0.1) is 13.8 Å². The van der Waals surface area contributed by atoms with Crippen LogP contribution in [0.4, 0.5) is 16.2 Å². The summed E-state index contributed by atoms with van der Waals surface area (Å²) in [7, 11) is 1.70. The number of nitrogens with zero attached hydrogens (tertiary/aromatic N) is 3. The highest BCUT2D eigenvalue weighted by Gasteiger charge is 2.23. The molecule has 150 valence electrons. The summed E-state index contributed by atoms with van der Waals surface area (Å²) in [6, 6.07) is 13.7. The van der Waals surface area contributed by atoms with Crippen molar-refractivity contribution in [1.82, 2.24) is 9.47 Å². The van der Waals surface area contributed by atoms with E-state index in [2.05, 4.69) is 42.3 Å². The fourth-order valence-electron chi connectivity index (χ4n) is 3.92. The van der Waals surface area contributed by atoms with E-state index in [9.17, 15) is 9.59 Å². The standard InChI is InChI=1S/C23H26N4O2/c1-16-8-9-17(2)21(14-16)26-10-12-27(13-11-26)23(29)24-20-15-25(3)22(28)19-7-5-4-6-18(19)20/h4-9,14-15H,10-13H2,1-3H3,(H,24,29). The number of aromatic nitrogens is 1. The number of fused-ring (bicyclic) bond motifs is 1. The number of carbonyl (C=O) groups is 1. The van der Waals surface area contributed by atoms with Gasteiger partial charge in [0.25, 0.3) is 5.56 Å². The molecule has 1 saturated heterocycles. The van der Waals surface area contributed by atoms with Gasteiger partial charge in [-0.3, -0.25) is 4.79 Å². The minimum Gasteiger partial charge on any atom is -0.368 e. The molecular formula is C23H26N4O2. The van der Waals surface area contributed by atoms with Crippen molar-refractivity contribution in [3.63, 3.8) is 0 Å². The molecule has 1 aliphatic rings. The van der Waals surface area contributed by atoms with Crippen LogP contribution >= 0.6 is 0 Å². The number of benzene rings is 2. The summed E-state index contributed by atoms with van der Waals surface area (Å²) < 4.78 is 1.51. The van der Waals surface area contributed by atoms with E-state index in [1.54, 1.807) is 19.3 Å². The fraction of sp³-hybridized carbons (Fsp3) is 0.304. The summed E-state index contributed by atoms with van der Waals surface area (Å²) in [5.41, 5.74) is 4.33. The van der Waals surface area contributed by atoms with Crippen molar-refractivity contribution in [3.8, 4) is 0 Å². The highest BCUT2D eigenvalue weighted by atomic mass is 16.2. The fourth-order valence-corrected chi connectivity index (χ4v) is 3.92. The van der Waals surface area contributed by atoms with Gasteiger partial charge in [-0.15, -0.1) is 0 Å². The number of aryl methyl sites for hydroxylation is 3. The lowest BCUT2D eigenvalue weighted by molar-refractivity contribution is 0.208. The Morgan fingerprint density at radius 1 is 0.966 bits per heavy atom. The normalized spacial score (nSPS) is 14.3. The number of hydrogen-bond acceptors (Lipinski definition) is 3. The van der Waals surface area contributed by atoms with Crippen LogP contribution in [0.25, 0.3) is 10.8 Å². The van der Waals surface area contributed by atoms with Crippen LogP contribution in [-0.4, -0.2) is 41.7 Å². The second-order valence-electron chi connectivity index (χ2n) is 7.70. The summed E-state index contributed by atoms with van der Waals surface area (Å²) in [6.07, 6.45) is 1.69. The summed E-state index contributed by atoms with van der Waals surface area (Å²) in [6.45, 7) is 7.13. The molecular weight excluding hydrogens is 364 g/mol.